The molecule has 0 saturated heterocycles. The molecule has 0 spiro atoms. The van der Waals surface area contributed by atoms with Crippen molar-refractivity contribution in [3.05, 3.63) is 69.0 Å². The van der Waals surface area contributed by atoms with E-state index in [1.165, 1.54) is 11.6 Å². The molecule has 0 amide bonds. The van der Waals surface area contributed by atoms with Crippen molar-refractivity contribution in [3.8, 4) is 0 Å². The largest absolute Gasteiger partial charge is 0.328 e. The summed E-state index contributed by atoms with van der Waals surface area (Å²) in [6, 6.07) is 11.8. The van der Waals surface area contributed by atoms with E-state index in [1.54, 1.807) is 10.8 Å². The van der Waals surface area contributed by atoms with E-state index in [-0.39, 0.29) is 11.2 Å². The summed E-state index contributed by atoms with van der Waals surface area (Å²) in [5, 5.41) is 0. The summed E-state index contributed by atoms with van der Waals surface area (Å²) < 4.78 is 1.55. The van der Waals surface area contributed by atoms with E-state index < -0.39 is 0 Å². The number of unbranched alkanes of at least 4 members (excludes halogenated alkanes) is 2. The Labute approximate surface area is 111 Å². The van der Waals surface area contributed by atoms with Crippen LogP contribution in [-0.4, -0.2) is 9.55 Å². The van der Waals surface area contributed by atoms with Gasteiger partial charge in [-0.1, -0.05) is 36.8 Å². The molecule has 100 valence electrons. The summed E-state index contributed by atoms with van der Waals surface area (Å²) in [6.07, 6.45) is 5.75. The van der Waals surface area contributed by atoms with Crippen molar-refractivity contribution in [2.75, 3.05) is 0 Å². The van der Waals surface area contributed by atoms with E-state index in [9.17, 15) is 9.59 Å². The van der Waals surface area contributed by atoms with Crippen molar-refractivity contribution >= 4 is 0 Å². The smallest absolute Gasteiger partial charge is 0.301 e. The van der Waals surface area contributed by atoms with Crippen LogP contribution in [0.3, 0.4) is 0 Å². The van der Waals surface area contributed by atoms with Crippen LogP contribution in [0.5, 0.6) is 0 Å². The molecule has 0 atom stereocenters. The highest BCUT2D eigenvalue weighted by atomic mass is 16.2. The Kier molecular flexibility index (Phi) is 4.72. The maximum atomic E-state index is 11.4. The first-order chi connectivity index (χ1) is 9.25. The topological polar surface area (TPSA) is 54.9 Å². The monoisotopic (exact) mass is 258 g/mol. The normalized spacial score (nSPS) is 10.5. The Morgan fingerprint density at radius 1 is 0.947 bits per heavy atom. The van der Waals surface area contributed by atoms with Crippen LogP contribution in [0.4, 0.5) is 0 Å². The summed E-state index contributed by atoms with van der Waals surface area (Å²) >= 11 is 0. The lowest BCUT2D eigenvalue weighted by atomic mass is 10.1. The zero-order valence-corrected chi connectivity index (χ0v) is 10.8. The second-order valence-electron chi connectivity index (χ2n) is 4.60. The SMILES string of the molecule is O=c1ccn(CCCCCc2ccccc2)c(=O)[nH]1. The summed E-state index contributed by atoms with van der Waals surface area (Å²) in [7, 11) is 0. The van der Waals surface area contributed by atoms with Crippen LogP contribution < -0.4 is 11.2 Å². The van der Waals surface area contributed by atoms with Gasteiger partial charge in [0.1, 0.15) is 0 Å². The predicted molar refractivity (Wildman–Crippen MR) is 75.3 cm³/mol. The van der Waals surface area contributed by atoms with Gasteiger partial charge in [-0.2, -0.15) is 0 Å². The minimum absolute atomic E-state index is 0.324. The van der Waals surface area contributed by atoms with Gasteiger partial charge in [0.25, 0.3) is 5.56 Å². The molecular weight excluding hydrogens is 240 g/mol. The molecule has 0 aliphatic carbocycles. The molecule has 2 aromatic rings. The van der Waals surface area contributed by atoms with Crippen LogP contribution in [0.15, 0.2) is 52.2 Å². The molecule has 2 rings (SSSR count). The van der Waals surface area contributed by atoms with Crippen molar-refractivity contribution in [2.45, 2.75) is 32.2 Å². The maximum absolute atomic E-state index is 11.4. The lowest BCUT2D eigenvalue weighted by Crippen LogP contribution is -2.28. The molecule has 1 N–H and O–H groups in total. The van der Waals surface area contributed by atoms with E-state index in [0.717, 1.165) is 25.7 Å². The summed E-state index contributed by atoms with van der Waals surface area (Å²) in [6.45, 7) is 0.657. The van der Waals surface area contributed by atoms with Crippen molar-refractivity contribution in [1.29, 1.82) is 0 Å². The number of hydrogen-bond acceptors (Lipinski definition) is 2. The average Bonchev–Trinajstić information content (AvgIpc) is 2.42. The lowest BCUT2D eigenvalue weighted by molar-refractivity contribution is 0.564. The fourth-order valence-corrected chi connectivity index (χ4v) is 2.05. The Bertz CT molecular complexity index is 614. The number of rotatable bonds is 6. The Balaban J connectivity index is 1.72. The molecule has 0 unspecified atom stereocenters. The van der Waals surface area contributed by atoms with Crippen molar-refractivity contribution in [2.24, 2.45) is 0 Å². The van der Waals surface area contributed by atoms with Gasteiger partial charge in [-0.05, 0) is 24.8 Å². The van der Waals surface area contributed by atoms with Gasteiger partial charge < -0.3 is 4.57 Å². The van der Waals surface area contributed by atoms with Gasteiger partial charge in [0.15, 0.2) is 0 Å². The standard InChI is InChI=1S/C15H18N2O2/c18-14-10-12-17(15(19)16-14)11-6-2-5-9-13-7-3-1-4-8-13/h1,3-4,7-8,10,12H,2,5-6,9,11H2,(H,16,18,19). The van der Waals surface area contributed by atoms with E-state index in [2.05, 4.69) is 29.2 Å². The second-order valence-corrected chi connectivity index (χ2v) is 4.60. The highest BCUT2D eigenvalue weighted by Gasteiger charge is 1.97. The molecule has 0 saturated carbocycles. The van der Waals surface area contributed by atoms with Gasteiger partial charge in [0.2, 0.25) is 0 Å². The van der Waals surface area contributed by atoms with Crippen molar-refractivity contribution in [3.63, 3.8) is 0 Å². The van der Waals surface area contributed by atoms with E-state index >= 15 is 0 Å². The number of H-pyrrole nitrogens is 1. The van der Waals surface area contributed by atoms with Gasteiger partial charge in [-0.25, -0.2) is 4.79 Å². The predicted octanol–water partition coefficient (Wildman–Crippen LogP) is 1.95. The third kappa shape index (κ3) is 4.25. The van der Waals surface area contributed by atoms with Crippen LogP contribution >= 0.6 is 0 Å². The molecule has 0 radical (unpaired) electrons. The summed E-state index contributed by atoms with van der Waals surface area (Å²) in [5.41, 5.74) is 0.685. The van der Waals surface area contributed by atoms with Gasteiger partial charge in [0.05, 0.1) is 0 Å². The van der Waals surface area contributed by atoms with E-state index in [1.807, 2.05) is 6.07 Å². The fraction of sp³-hybridized carbons (Fsp3) is 0.333. The Morgan fingerprint density at radius 2 is 1.74 bits per heavy atom. The average molecular weight is 258 g/mol. The first-order valence-electron chi connectivity index (χ1n) is 6.59. The Hall–Kier alpha value is -2.10. The number of benzene rings is 1. The van der Waals surface area contributed by atoms with Crippen LogP contribution in [-0.2, 0) is 13.0 Å². The molecule has 4 nitrogen and oxygen atoms in total. The second kappa shape index (κ2) is 6.73. The van der Waals surface area contributed by atoms with Crippen LogP contribution in [0, 0.1) is 0 Å². The van der Waals surface area contributed by atoms with Gasteiger partial charge in [-0.3, -0.25) is 9.78 Å². The zero-order chi connectivity index (χ0) is 13.5. The van der Waals surface area contributed by atoms with Crippen LogP contribution in [0.1, 0.15) is 24.8 Å². The van der Waals surface area contributed by atoms with Crippen molar-refractivity contribution in [1.82, 2.24) is 9.55 Å². The summed E-state index contributed by atoms with van der Waals surface area (Å²) in [5.74, 6) is 0. The molecule has 0 bridgehead atoms. The van der Waals surface area contributed by atoms with Crippen LogP contribution in [0.25, 0.3) is 0 Å². The minimum Gasteiger partial charge on any atom is -0.301 e. The summed E-state index contributed by atoms with van der Waals surface area (Å²) in [4.78, 5) is 24.6. The maximum Gasteiger partial charge on any atom is 0.328 e. The minimum atomic E-state index is -0.342. The van der Waals surface area contributed by atoms with Gasteiger partial charge in [0, 0.05) is 18.8 Å². The quantitative estimate of drug-likeness (QED) is 0.805. The molecule has 1 heterocycles. The Morgan fingerprint density at radius 3 is 2.47 bits per heavy atom. The highest BCUT2D eigenvalue weighted by Crippen LogP contribution is 2.06. The number of aromatic nitrogens is 2. The molecule has 0 fully saturated rings. The number of aromatic amines is 1. The van der Waals surface area contributed by atoms with E-state index in [4.69, 9.17) is 0 Å². The zero-order valence-electron chi connectivity index (χ0n) is 10.8. The molecular formula is C15H18N2O2. The molecule has 19 heavy (non-hydrogen) atoms. The molecule has 0 aliphatic rings. The third-order valence-electron chi connectivity index (χ3n) is 3.10. The molecule has 4 heteroatoms. The molecule has 1 aromatic carbocycles. The number of nitrogens with zero attached hydrogens (tertiary/aromatic N) is 1. The highest BCUT2D eigenvalue weighted by molar-refractivity contribution is 5.14. The first-order valence-corrected chi connectivity index (χ1v) is 6.59. The van der Waals surface area contributed by atoms with Crippen LogP contribution in [0.2, 0.25) is 0 Å². The number of hydrogen-bond donors (Lipinski definition) is 1. The molecule has 1 aromatic heterocycles. The molecule has 0 aliphatic heterocycles. The van der Waals surface area contributed by atoms with Crippen molar-refractivity contribution < 1.29 is 0 Å². The van der Waals surface area contributed by atoms with Gasteiger partial charge >= 0.3 is 5.69 Å². The lowest BCUT2D eigenvalue weighted by Gasteiger charge is -2.04. The fourth-order valence-electron chi connectivity index (χ4n) is 2.05. The first kappa shape index (κ1) is 13.3. The van der Waals surface area contributed by atoms with Gasteiger partial charge in [-0.15, -0.1) is 0 Å². The third-order valence-corrected chi connectivity index (χ3v) is 3.10. The van der Waals surface area contributed by atoms with E-state index in [0.29, 0.717) is 6.54 Å². The number of nitrogens with one attached hydrogen (secondary N) is 1. The number of aryl methyl sites for hydroxylation is 2.